The first-order valence-electron chi connectivity index (χ1n) is 7.47. The number of anilines is 1. The molecular formula is C17H24N2OS. The van der Waals surface area contributed by atoms with Crippen molar-refractivity contribution in [3.8, 4) is 5.75 Å². The van der Waals surface area contributed by atoms with Gasteiger partial charge in [0.15, 0.2) is 5.13 Å². The minimum absolute atomic E-state index is 0.219. The Morgan fingerprint density at radius 2 is 1.90 bits per heavy atom. The fourth-order valence-electron chi connectivity index (χ4n) is 1.97. The van der Waals surface area contributed by atoms with Gasteiger partial charge in [0.05, 0.1) is 4.88 Å². The third-order valence-corrected chi connectivity index (χ3v) is 4.71. The number of thiazole rings is 1. The van der Waals surface area contributed by atoms with Crippen molar-refractivity contribution in [2.24, 2.45) is 0 Å². The summed E-state index contributed by atoms with van der Waals surface area (Å²) in [5.41, 5.74) is 1.57. The van der Waals surface area contributed by atoms with E-state index in [1.807, 2.05) is 6.20 Å². The molecule has 3 nitrogen and oxygen atoms in total. The molecule has 1 N–H and O–H groups in total. The first-order valence-corrected chi connectivity index (χ1v) is 8.28. The lowest BCUT2D eigenvalue weighted by atomic mass is 9.82. The van der Waals surface area contributed by atoms with Crippen molar-refractivity contribution in [3.05, 3.63) is 40.9 Å². The number of aromatic nitrogens is 1. The Hall–Kier alpha value is -1.55. The van der Waals surface area contributed by atoms with Gasteiger partial charge in [-0.05, 0) is 36.5 Å². The summed E-state index contributed by atoms with van der Waals surface area (Å²) in [7, 11) is 0. The van der Waals surface area contributed by atoms with E-state index >= 15 is 0 Å². The Bertz CT molecular complexity index is 560. The van der Waals surface area contributed by atoms with Crippen molar-refractivity contribution in [1.29, 1.82) is 0 Å². The van der Waals surface area contributed by atoms with E-state index in [2.05, 4.69) is 62.3 Å². The molecule has 114 valence electrons. The van der Waals surface area contributed by atoms with Crippen LogP contribution in [0.4, 0.5) is 5.13 Å². The molecule has 0 aliphatic heterocycles. The van der Waals surface area contributed by atoms with E-state index in [-0.39, 0.29) is 5.41 Å². The molecule has 0 saturated heterocycles. The van der Waals surface area contributed by atoms with E-state index < -0.39 is 0 Å². The first kappa shape index (κ1) is 15.8. The summed E-state index contributed by atoms with van der Waals surface area (Å²) in [4.78, 5) is 5.43. The van der Waals surface area contributed by atoms with Gasteiger partial charge >= 0.3 is 0 Å². The summed E-state index contributed by atoms with van der Waals surface area (Å²) in [6.07, 6.45) is 3.00. The highest BCUT2D eigenvalue weighted by Gasteiger charge is 2.17. The summed E-state index contributed by atoms with van der Waals surface area (Å²) in [6, 6.07) is 8.43. The third-order valence-electron chi connectivity index (χ3n) is 3.78. The quantitative estimate of drug-likeness (QED) is 0.794. The average Bonchev–Trinajstić information content (AvgIpc) is 2.94. The van der Waals surface area contributed by atoms with Crippen molar-refractivity contribution < 1.29 is 4.74 Å². The largest absolute Gasteiger partial charge is 0.488 e. The van der Waals surface area contributed by atoms with Crippen molar-refractivity contribution >= 4 is 16.5 Å². The zero-order chi connectivity index (χ0) is 15.3. The summed E-state index contributed by atoms with van der Waals surface area (Å²) >= 11 is 1.64. The molecule has 0 aliphatic rings. The van der Waals surface area contributed by atoms with Crippen molar-refractivity contribution in [2.45, 2.75) is 46.1 Å². The van der Waals surface area contributed by atoms with E-state index in [0.717, 1.165) is 28.7 Å². The van der Waals surface area contributed by atoms with Crippen LogP contribution in [0.15, 0.2) is 30.5 Å². The molecule has 0 saturated carbocycles. The van der Waals surface area contributed by atoms with Gasteiger partial charge in [0.1, 0.15) is 12.4 Å². The molecule has 0 atom stereocenters. The Morgan fingerprint density at radius 1 is 1.19 bits per heavy atom. The van der Waals surface area contributed by atoms with Crippen molar-refractivity contribution in [1.82, 2.24) is 4.98 Å². The van der Waals surface area contributed by atoms with Crippen molar-refractivity contribution in [2.75, 3.05) is 11.9 Å². The van der Waals surface area contributed by atoms with Gasteiger partial charge in [-0.25, -0.2) is 4.98 Å². The summed E-state index contributed by atoms with van der Waals surface area (Å²) < 4.78 is 5.83. The predicted octanol–water partition coefficient (Wildman–Crippen LogP) is 4.84. The highest BCUT2D eigenvalue weighted by Crippen LogP contribution is 2.28. The summed E-state index contributed by atoms with van der Waals surface area (Å²) in [5.74, 6) is 0.907. The van der Waals surface area contributed by atoms with E-state index in [4.69, 9.17) is 4.74 Å². The molecule has 0 amide bonds. The minimum atomic E-state index is 0.219. The molecule has 1 heterocycles. The van der Waals surface area contributed by atoms with E-state index in [1.54, 1.807) is 11.3 Å². The van der Waals surface area contributed by atoms with Gasteiger partial charge in [-0.15, -0.1) is 0 Å². The highest BCUT2D eigenvalue weighted by atomic mass is 32.1. The molecule has 0 fully saturated rings. The number of ether oxygens (including phenoxy) is 1. The number of hydrogen-bond donors (Lipinski definition) is 1. The van der Waals surface area contributed by atoms with Crippen LogP contribution in [-0.2, 0) is 12.0 Å². The second kappa shape index (κ2) is 6.94. The van der Waals surface area contributed by atoms with Gasteiger partial charge in [-0.2, -0.15) is 0 Å². The molecule has 1 aromatic heterocycles. The van der Waals surface area contributed by atoms with Gasteiger partial charge < -0.3 is 10.1 Å². The zero-order valence-electron chi connectivity index (χ0n) is 13.3. The molecule has 0 bridgehead atoms. The maximum Gasteiger partial charge on any atom is 0.182 e. The topological polar surface area (TPSA) is 34.2 Å². The lowest BCUT2D eigenvalue weighted by molar-refractivity contribution is 0.309. The smallest absolute Gasteiger partial charge is 0.182 e. The molecule has 0 unspecified atom stereocenters. The lowest BCUT2D eigenvalue weighted by Crippen LogP contribution is -2.14. The van der Waals surface area contributed by atoms with E-state index in [9.17, 15) is 0 Å². The van der Waals surface area contributed by atoms with Crippen molar-refractivity contribution in [3.63, 3.8) is 0 Å². The predicted molar refractivity (Wildman–Crippen MR) is 90.4 cm³/mol. The normalized spacial score (nSPS) is 11.4. The Kier molecular flexibility index (Phi) is 5.23. The maximum atomic E-state index is 5.83. The van der Waals surface area contributed by atoms with E-state index in [1.165, 1.54) is 5.56 Å². The fraction of sp³-hybridized carbons (Fsp3) is 0.471. The van der Waals surface area contributed by atoms with Crippen LogP contribution in [0.3, 0.4) is 0 Å². The molecular weight excluding hydrogens is 280 g/mol. The maximum absolute atomic E-state index is 5.83. The minimum Gasteiger partial charge on any atom is -0.488 e. The van der Waals surface area contributed by atoms with Crippen LogP contribution in [0.1, 0.15) is 44.6 Å². The number of nitrogens with zero attached hydrogens (tertiary/aromatic N) is 1. The first-order chi connectivity index (χ1) is 10.0. The summed E-state index contributed by atoms with van der Waals surface area (Å²) in [5, 5.41) is 4.16. The Morgan fingerprint density at radius 3 is 2.52 bits per heavy atom. The zero-order valence-corrected chi connectivity index (χ0v) is 14.1. The van der Waals surface area contributed by atoms with E-state index in [0.29, 0.717) is 6.61 Å². The number of nitrogens with one attached hydrogen (secondary N) is 1. The standard InChI is InChI=1S/C17H24N2OS/c1-5-17(3,4)13-7-9-14(10-8-13)20-12-15-11-19-16(21-15)18-6-2/h7-11H,5-6,12H2,1-4H3,(H,18,19). The van der Waals surface area contributed by atoms with Crippen LogP contribution >= 0.6 is 11.3 Å². The monoisotopic (exact) mass is 304 g/mol. The third kappa shape index (κ3) is 4.21. The second-order valence-corrected chi connectivity index (χ2v) is 6.83. The van der Waals surface area contributed by atoms with Crippen LogP contribution in [0, 0.1) is 0 Å². The van der Waals surface area contributed by atoms with Gasteiger partial charge in [0, 0.05) is 12.7 Å². The lowest BCUT2D eigenvalue weighted by Gasteiger charge is -2.23. The average molecular weight is 304 g/mol. The number of rotatable bonds is 7. The number of hydrogen-bond acceptors (Lipinski definition) is 4. The molecule has 1 aromatic carbocycles. The van der Waals surface area contributed by atoms with Gasteiger partial charge in [-0.3, -0.25) is 0 Å². The highest BCUT2D eigenvalue weighted by molar-refractivity contribution is 7.15. The molecule has 21 heavy (non-hydrogen) atoms. The Labute approximate surface area is 131 Å². The van der Waals surface area contributed by atoms with Gasteiger partial charge in [0.25, 0.3) is 0 Å². The SMILES string of the molecule is CCNc1ncc(COc2ccc(C(C)(C)CC)cc2)s1. The van der Waals surface area contributed by atoms with Gasteiger partial charge in [0.2, 0.25) is 0 Å². The Balaban J connectivity index is 1.94. The molecule has 2 rings (SSSR count). The molecule has 0 aliphatic carbocycles. The molecule has 4 heteroatoms. The van der Waals surface area contributed by atoms with Crippen LogP contribution < -0.4 is 10.1 Å². The van der Waals surface area contributed by atoms with Crippen LogP contribution in [0.2, 0.25) is 0 Å². The molecule has 0 radical (unpaired) electrons. The van der Waals surface area contributed by atoms with Crippen LogP contribution in [0.5, 0.6) is 5.75 Å². The number of benzene rings is 1. The fourth-order valence-corrected chi connectivity index (χ4v) is 2.76. The molecule has 0 spiro atoms. The van der Waals surface area contributed by atoms with Gasteiger partial charge in [-0.1, -0.05) is 44.2 Å². The van der Waals surface area contributed by atoms with Crippen LogP contribution in [0.25, 0.3) is 0 Å². The second-order valence-electron chi connectivity index (χ2n) is 5.71. The summed E-state index contributed by atoms with van der Waals surface area (Å²) in [6.45, 7) is 10.3. The molecule has 2 aromatic rings. The van der Waals surface area contributed by atoms with Crippen LogP contribution in [-0.4, -0.2) is 11.5 Å².